The van der Waals surface area contributed by atoms with Gasteiger partial charge in [-0.2, -0.15) is 0 Å². The molecule has 0 bridgehead atoms. The molecule has 0 saturated carbocycles. The maximum atomic E-state index is 11.5. The van der Waals surface area contributed by atoms with Gasteiger partial charge in [-0.05, 0) is 11.8 Å². The first-order chi connectivity index (χ1) is 4.83. The van der Waals surface area contributed by atoms with Crippen LogP contribution in [0.3, 0.4) is 0 Å². The topological polar surface area (TPSA) is 9.23 Å². The predicted molar refractivity (Wildman–Crippen MR) is 36.0 cm³/mol. The minimum atomic E-state index is -4.48. The van der Waals surface area contributed by atoms with Gasteiger partial charge in [-0.1, -0.05) is 20.8 Å². The first-order valence-corrected chi connectivity index (χ1v) is 3.53. The van der Waals surface area contributed by atoms with E-state index in [9.17, 15) is 13.2 Å². The number of rotatable bonds is 3. The molecule has 0 aromatic heterocycles. The summed E-state index contributed by atoms with van der Waals surface area (Å²) < 4.78 is 38.0. The smallest absolute Gasteiger partial charge is 0.292 e. The lowest BCUT2D eigenvalue weighted by atomic mass is 10.00. The van der Waals surface area contributed by atoms with Crippen LogP contribution in [0.25, 0.3) is 0 Å². The van der Waals surface area contributed by atoms with Gasteiger partial charge in [-0.3, -0.25) is 4.74 Å². The van der Waals surface area contributed by atoms with Crippen molar-refractivity contribution < 1.29 is 17.9 Å². The van der Waals surface area contributed by atoms with E-state index in [0.717, 1.165) is 0 Å². The van der Waals surface area contributed by atoms with E-state index < -0.39 is 6.36 Å². The zero-order valence-corrected chi connectivity index (χ0v) is 6.90. The molecule has 1 nitrogen and oxygen atoms in total. The van der Waals surface area contributed by atoms with Crippen molar-refractivity contribution in [3.63, 3.8) is 0 Å². The van der Waals surface area contributed by atoms with Crippen LogP contribution in [0.1, 0.15) is 20.8 Å². The van der Waals surface area contributed by atoms with Crippen LogP contribution in [-0.2, 0) is 4.74 Å². The molecule has 0 aliphatic rings. The van der Waals surface area contributed by atoms with E-state index in [-0.39, 0.29) is 18.4 Å². The number of hydrogen-bond donors (Lipinski definition) is 0. The summed E-state index contributed by atoms with van der Waals surface area (Å²) in [6.45, 7) is 5.21. The Hall–Kier alpha value is -0.250. The molecule has 0 aliphatic heterocycles. The Morgan fingerprint density at radius 2 is 1.64 bits per heavy atom. The molecule has 0 N–H and O–H groups in total. The molecule has 11 heavy (non-hydrogen) atoms. The second kappa shape index (κ2) is 3.95. The molecular formula is C7H13F3O. The van der Waals surface area contributed by atoms with Crippen LogP contribution in [-0.4, -0.2) is 13.0 Å². The molecule has 0 unspecified atom stereocenters. The van der Waals surface area contributed by atoms with Crippen molar-refractivity contribution in [1.82, 2.24) is 0 Å². The van der Waals surface area contributed by atoms with E-state index in [1.165, 1.54) is 0 Å². The fourth-order valence-electron chi connectivity index (χ4n) is 0.418. The van der Waals surface area contributed by atoms with Crippen molar-refractivity contribution in [2.75, 3.05) is 6.61 Å². The summed E-state index contributed by atoms with van der Waals surface area (Å²) >= 11 is 0. The molecular weight excluding hydrogens is 157 g/mol. The Labute approximate surface area is 64.5 Å². The number of hydrogen-bond acceptors (Lipinski definition) is 1. The lowest BCUT2D eigenvalue weighted by Crippen LogP contribution is -2.20. The molecule has 0 heterocycles. The molecule has 0 saturated heterocycles. The van der Waals surface area contributed by atoms with E-state index in [4.69, 9.17) is 0 Å². The summed E-state index contributed by atoms with van der Waals surface area (Å²) in [7, 11) is 0. The van der Waals surface area contributed by atoms with Crippen molar-refractivity contribution >= 4 is 0 Å². The van der Waals surface area contributed by atoms with Gasteiger partial charge in [0.2, 0.25) is 0 Å². The summed E-state index contributed by atoms with van der Waals surface area (Å²) in [6, 6.07) is 0. The number of halogens is 3. The van der Waals surface area contributed by atoms with Crippen LogP contribution in [0, 0.1) is 11.8 Å². The standard InChI is InChI=1S/C7H13F3O/c1-5(2)6(3)4-11-7(8,9)10/h5-6H,4H2,1-3H3/t6-/m1/s1. The highest BCUT2D eigenvalue weighted by molar-refractivity contribution is 4.55. The van der Waals surface area contributed by atoms with Gasteiger partial charge >= 0.3 is 6.36 Å². The molecule has 0 radical (unpaired) electrons. The summed E-state index contributed by atoms with van der Waals surface area (Å²) in [5.74, 6) is 0.161. The van der Waals surface area contributed by atoms with Crippen LogP contribution in [0.15, 0.2) is 0 Å². The number of alkyl halides is 3. The second-order valence-electron chi connectivity index (χ2n) is 2.98. The molecule has 0 rings (SSSR count). The van der Waals surface area contributed by atoms with Gasteiger partial charge in [-0.25, -0.2) is 0 Å². The Bertz CT molecular complexity index is 109. The fraction of sp³-hybridized carbons (Fsp3) is 1.00. The lowest BCUT2D eigenvalue weighted by Gasteiger charge is -2.16. The van der Waals surface area contributed by atoms with Crippen LogP contribution >= 0.6 is 0 Å². The zero-order valence-electron chi connectivity index (χ0n) is 6.90. The van der Waals surface area contributed by atoms with E-state index in [1.54, 1.807) is 6.92 Å². The Morgan fingerprint density at radius 3 is 1.91 bits per heavy atom. The predicted octanol–water partition coefficient (Wildman–Crippen LogP) is 2.81. The average molecular weight is 170 g/mol. The van der Waals surface area contributed by atoms with E-state index in [1.807, 2.05) is 13.8 Å². The van der Waals surface area contributed by atoms with Crippen molar-refractivity contribution in [3.8, 4) is 0 Å². The molecule has 0 amide bonds. The third-order valence-electron chi connectivity index (χ3n) is 1.65. The molecule has 0 fully saturated rings. The van der Waals surface area contributed by atoms with Gasteiger partial charge in [0.05, 0.1) is 6.61 Å². The van der Waals surface area contributed by atoms with E-state index >= 15 is 0 Å². The Balaban J connectivity index is 3.54. The van der Waals surface area contributed by atoms with Crippen LogP contribution in [0.4, 0.5) is 13.2 Å². The molecule has 0 aromatic rings. The minimum absolute atomic E-state index is 0.0587. The van der Waals surface area contributed by atoms with Gasteiger partial charge in [0.15, 0.2) is 0 Å². The monoisotopic (exact) mass is 170 g/mol. The molecule has 0 aromatic carbocycles. The Morgan fingerprint density at radius 1 is 1.18 bits per heavy atom. The minimum Gasteiger partial charge on any atom is -0.292 e. The van der Waals surface area contributed by atoms with Crippen molar-refractivity contribution in [2.45, 2.75) is 27.1 Å². The molecule has 68 valence electrons. The molecule has 4 heteroatoms. The second-order valence-corrected chi connectivity index (χ2v) is 2.98. The summed E-state index contributed by atoms with van der Waals surface area (Å²) in [4.78, 5) is 0. The summed E-state index contributed by atoms with van der Waals surface area (Å²) in [6.07, 6.45) is -4.48. The summed E-state index contributed by atoms with van der Waals surface area (Å²) in [5.41, 5.74) is 0. The third-order valence-corrected chi connectivity index (χ3v) is 1.65. The normalized spacial score (nSPS) is 15.5. The maximum absolute atomic E-state index is 11.5. The largest absolute Gasteiger partial charge is 0.522 e. The molecule has 1 atom stereocenters. The van der Waals surface area contributed by atoms with Gasteiger partial charge in [0.25, 0.3) is 0 Å². The van der Waals surface area contributed by atoms with Crippen molar-refractivity contribution in [3.05, 3.63) is 0 Å². The van der Waals surface area contributed by atoms with Crippen LogP contribution < -0.4 is 0 Å². The van der Waals surface area contributed by atoms with Crippen molar-refractivity contribution in [2.24, 2.45) is 11.8 Å². The Kier molecular flexibility index (Phi) is 3.86. The highest BCUT2D eigenvalue weighted by Crippen LogP contribution is 2.19. The quantitative estimate of drug-likeness (QED) is 0.632. The molecule has 0 aliphatic carbocycles. The van der Waals surface area contributed by atoms with Gasteiger partial charge in [0.1, 0.15) is 0 Å². The van der Waals surface area contributed by atoms with Gasteiger partial charge < -0.3 is 0 Å². The SMILES string of the molecule is CC(C)[C@H](C)COC(F)(F)F. The number of ether oxygens (including phenoxy) is 1. The fourth-order valence-corrected chi connectivity index (χ4v) is 0.418. The van der Waals surface area contributed by atoms with Crippen molar-refractivity contribution in [1.29, 1.82) is 0 Å². The first kappa shape index (κ1) is 10.8. The highest BCUT2D eigenvalue weighted by atomic mass is 19.4. The molecule has 0 spiro atoms. The van der Waals surface area contributed by atoms with E-state index in [0.29, 0.717) is 0 Å². The summed E-state index contributed by atoms with van der Waals surface area (Å²) in [5, 5.41) is 0. The lowest BCUT2D eigenvalue weighted by molar-refractivity contribution is -0.328. The van der Waals surface area contributed by atoms with Gasteiger partial charge in [0, 0.05) is 0 Å². The first-order valence-electron chi connectivity index (χ1n) is 3.53. The zero-order chi connectivity index (χ0) is 9.07. The van der Waals surface area contributed by atoms with Crippen LogP contribution in [0.5, 0.6) is 0 Å². The maximum Gasteiger partial charge on any atom is 0.522 e. The third kappa shape index (κ3) is 6.16. The van der Waals surface area contributed by atoms with Crippen LogP contribution in [0.2, 0.25) is 0 Å². The van der Waals surface area contributed by atoms with Gasteiger partial charge in [-0.15, -0.1) is 13.2 Å². The highest BCUT2D eigenvalue weighted by Gasteiger charge is 2.29. The van der Waals surface area contributed by atoms with E-state index in [2.05, 4.69) is 4.74 Å². The average Bonchev–Trinajstić information content (AvgIpc) is 1.80.